The average molecular weight is 181 g/mol. The average Bonchev–Trinajstić information content (AvgIpc) is 2.19. The third kappa shape index (κ3) is 2.55. The van der Waals surface area contributed by atoms with Crippen molar-refractivity contribution in [2.45, 2.75) is 0 Å². The molecule has 5 heteroatoms. The summed E-state index contributed by atoms with van der Waals surface area (Å²) in [4.78, 5) is 21.8. The zero-order chi connectivity index (χ0) is 9.68. The van der Waals surface area contributed by atoms with E-state index < -0.39 is 12.1 Å². The first kappa shape index (κ1) is 9.18. The number of carbonyl (C=O) groups excluding carboxylic acids is 2. The first-order valence-electron chi connectivity index (χ1n) is 3.59. The molecule has 0 atom stereocenters. The number of pyridine rings is 1. The molecule has 0 fully saturated rings. The maximum atomic E-state index is 11.2. The van der Waals surface area contributed by atoms with Gasteiger partial charge in [-0.05, 0) is 12.1 Å². The van der Waals surface area contributed by atoms with Crippen LogP contribution in [-0.4, -0.2) is 19.2 Å². The van der Waals surface area contributed by atoms with Gasteiger partial charge in [-0.25, -0.2) is 0 Å². The molecule has 1 N–H and O–H groups in total. The molecule has 1 aromatic heterocycles. The van der Waals surface area contributed by atoms with Crippen LogP contribution in [0.1, 0.15) is 0 Å². The second kappa shape index (κ2) is 4.20. The van der Waals surface area contributed by atoms with Crippen molar-refractivity contribution < 1.29 is 18.9 Å². The van der Waals surface area contributed by atoms with Crippen LogP contribution in [-0.2, 0) is 4.74 Å². The van der Waals surface area contributed by atoms with Crippen molar-refractivity contribution in [3.8, 4) is 0 Å². The number of imide groups is 1. The van der Waals surface area contributed by atoms with Gasteiger partial charge in [-0.15, -0.1) is 5.32 Å². The number of hydrogen-bond acceptors (Lipinski definition) is 3. The molecular weight excluding hydrogens is 172 g/mol. The summed E-state index contributed by atoms with van der Waals surface area (Å²) in [5.74, 6) is 0. The van der Waals surface area contributed by atoms with E-state index in [0.29, 0.717) is 0 Å². The Hall–Kier alpha value is -1.91. The van der Waals surface area contributed by atoms with Crippen LogP contribution in [0.5, 0.6) is 0 Å². The quantitative estimate of drug-likeness (QED) is 0.585. The predicted molar refractivity (Wildman–Crippen MR) is 43.0 cm³/mol. The molecule has 0 aliphatic carbocycles. The summed E-state index contributed by atoms with van der Waals surface area (Å²) in [6.45, 7) is 0. The Bertz CT molecular complexity index is 310. The fourth-order valence-corrected chi connectivity index (χ4v) is 0.737. The lowest BCUT2D eigenvalue weighted by Gasteiger charge is -1.94. The molecule has 0 saturated heterocycles. The lowest BCUT2D eigenvalue weighted by Crippen LogP contribution is -2.51. The van der Waals surface area contributed by atoms with Crippen LogP contribution in [0.3, 0.4) is 0 Å². The first-order valence-corrected chi connectivity index (χ1v) is 3.59. The largest absolute Gasteiger partial charge is 0.507 e. The molecule has 0 bridgehead atoms. The summed E-state index contributed by atoms with van der Waals surface area (Å²) < 4.78 is 5.49. The van der Waals surface area contributed by atoms with E-state index in [1.165, 1.54) is 24.1 Å². The van der Waals surface area contributed by atoms with Crippen molar-refractivity contribution >= 4 is 12.1 Å². The second-order valence-electron chi connectivity index (χ2n) is 2.20. The molecule has 0 unspecified atom stereocenters. The summed E-state index contributed by atoms with van der Waals surface area (Å²) in [5, 5.41) is 2.01. The molecular formula is C8H9N2O3+. The number of nitrogens with zero attached hydrogens (tertiary/aromatic N) is 1. The van der Waals surface area contributed by atoms with E-state index in [1.807, 2.05) is 5.32 Å². The van der Waals surface area contributed by atoms with Gasteiger partial charge in [0.2, 0.25) is 0 Å². The van der Waals surface area contributed by atoms with Gasteiger partial charge in [0.25, 0.3) is 0 Å². The Morgan fingerprint density at radius 1 is 1.23 bits per heavy atom. The van der Waals surface area contributed by atoms with Crippen LogP contribution in [0.25, 0.3) is 0 Å². The Morgan fingerprint density at radius 2 is 1.85 bits per heavy atom. The smallest absolute Gasteiger partial charge is 0.435 e. The highest BCUT2D eigenvalue weighted by Crippen LogP contribution is 1.77. The van der Waals surface area contributed by atoms with Gasteiger partial charge in [0.15, 0.2) is 0 Å². The molecule has 0 aliphatic heterocycles. The topological polar surface area (TPSA) is 59.3 Å². The molecule has 0 radical (unpaired) electrons. The molecule has 68 valence electrons. The number of ether oxygens (including phenoxy) is 1. The van der Waals surface area contributed by atoms with Crippen LogP contribution >= 0.6 is 0 Å². The minimum atomic E-state index is -0.777. The summed E-state index contributed by atoms with van der Waals surface area (Å²) in [6, 6.07) is 4.57. The summed E-state index contributed by atoms with van der Waals surface area (Å²) in [5.41, 5.74) is 0. The summed E-state index contributed by atoms with van der Waals surface area (Å²) in [6.07, 6.45) is 2.28. The van der Waals surface area contributed by atoms with Crippen molar-refractivity contribution in [1.82, 2.24) is 5.32 Å². The fraction of sp³-hybridized carbons (Fsp3) is 0.125. The van der Waals surface area contributed by atoms with E-state index >= 15 is 0 Å². The van der Waals surface area contributed by atoms with Crippen LogP contribution in [0, 0.1) is 0 Å². The summed E-state index contributed by atoms with van der Waals surface area (Å²) in [7, 11) is 1.19. The predicted octanol–water partition coefficient (Wildman–Crippen LogP) is 0.298. The number of amides is 2. The van der Waals surface area contributed by atoms with E-state index in [-0.39, 0.29) is 0 Å². The third-order valence-corrected chi connectivity index (χ3v) is 1.34. The molecule has 1 heterocycles. The van der Waals surface area contributed by atoms with Gasteiger partial charge in [-0.1, -0.05) is 6.07 Å². The van der Waals surface area contributed by atoms with Gasteiger partial charge in [-0.3, -0.25) is 0 Å². The molecule has 13 heavy (non-hydrogen) atoms. The maximum Gasteiger partial charge on any atom is 0.507 e. The molecule has 0 aromatic carbocycles. The van der Waals surface area contributed by atoms with Crippen molar-refractivity contribution in [2.24, 2.45) is 0 Å². The van der Waals surface area contributed by atoms with Crippen molar-refractivity contribution in [3.63, 3.8) is 0 Å². The number of rotatable bonds is 0. The number of methoxy groups -OCH3 is 1. The van der Waals surface area contributed by atoms with Crippen molar-refractivity contribution in [1.29, 1.82) is 0 Å². The monoisotopic (exact) mass is 181 g/mol. The molecule has 2 amide bonds. The highest BCUT2D eigenvalue weighted by atomic mass is 16.5. The van der Waals surface area contributed by atoms with Crippen molar-refractivity contribution in [3.05, 3.63) is 30.6 Å². The van der Waals surface area contributed by atoms with Gasteiger partial charge < -0.3 is 4.74 Å². The van der Waals surface area contributed by atoms with Gasteiger partial charge in [0.1, 0.15) is 0 Å². The minimum Gasteiger partial charge on any atom is -0.435 e. The molecule has 0 saturated carbocycles. The number of alkyl carbamates (subject to hydrolysis) is 1. The van der Waals surface area contributed by atoms with Crippen LogP contribution in [0.2, 0.25) is 0 Å². The molecule has 5 nitrogen and oxygen atoms in total. The number of aromatic nitrogens is 1. The minimum absolute atomic E-state index is 0.549. The Labute approximate surface area is 74.9 Å². The SMILES string of the molecule is COC(=O)NC(=O)[n+]1ccccc1. The number of carbonyl (C=O) groups is 2. The van der Waals surface area contributed by atoms with E-state index in [9.17, 15) is 9.59 Å². The Kier molecular flexibility index (Phi) is 2.97. The maximum absolute atomic E-state index is 11.2. The number of hydrogen-bond donors (Lipinski definition) is 1. The van der Waals surface area contributed by atoms with Gasteiger partial charge in [0, 0.05) is 0 Å². The van der Waals surface area contributed by atoms with Crippen molar-refractivity contribution in [2.75, 3.05) is 7.11 Å². The molecule has 0 spiro atoms. The standard InChI is InChI=1S/C8H8N2O3/c1-13-8(12)9-7(11)10-5-3-2-4-6-10/h2-6H,1H3/p+1. The Balaban J connectivity index is 2.65. The molecule has 1 aromatic rings. The van der Waals surface area contributed by atoms with Gasteiger partial charge in [-0.2, -0.15) is 14.2 Å². The second-order valence-corrected chi connectivity index (χ2v) is 2.20. The molecule has 1 rings (SSSR count). The lowest BCUT2D eigenvalue weighted by molar-refractivity contribution is -0.571. The van der Waals surface area contributed by atoms with E-state index in [2.05, 4.69) is 4.74 Å². The third-order valence-electron chi connectivity index (χ3n) is 1.34. The first-order chi connectivity index (χ1) is 6.24. The van der Waals surface area contributed by atoms with Gasteiger partial charge >= 0.3 is 12.1 Å². The highest BCUT2D eigenvalue weighted by Gasteiger charge is 2.17. The number of nitrogens with one attached hydrogen (secondary N) is 1. The van der Waals surface area contributed by atoms with Crippen LogP contribution < -0.4 is 9.88 Å². The van der Waals surface area contributed by atoms with Crippen LogP contribution in [0.15, 0.2) is 30.6 Å². The van der Waals surface area contributed by atoms with E-state index in [1.54, 1.807) is 18.2 Å². The molecule has 0 aliphatic rings. The Morgan fingerprint density at radius 3 is 2.38 bits per heavy atom. The summed E-state index contributed by atoms with van der Waals surface area (Å²) >= 11 is 0. The van der Waals surface area contributed by atoms with E-state index in [0.717, 1.165) is 0 Å². The van der Waals surface area contributed by atoms with Gasteiger partial charge in [0.05, 0.1) is 19.5 Å². The normalized spacial score (nSPS) is 9.00. The highest BCUT2D eigenvalue weighted by molar-refractivity contribution is 5.85. The fourth-order valence-electron chi connectivity index (χ4n) is 0.737. The zero-order valence-corrected chi connectivity index (χ0v) is 7.06. The van der Waals surface area contributed by atoms with E-state index in [4.69, 9.17) is 0 Å². The lowest BCUT2D eigenvalue weighted by atomic mass is 10.5. The zero-order valence-electron chi connectivity index (χ0n) is 7.06. The van der Waals surface area contributed by atoms with Crippen LogP contribution in [0.4, 0.5) is 9.59 Å².